The van der Waals surface area contributed by atoms with Gasteiger partial charge in [-0.05, 0) is 115 Å². The third-order valence-corrected chi connectivity index (χ3v) is 15.9. The number of pyridine rings is 1. The summed E-state index contributed by atoms with van der Waals surface area (Å²) in [5.74, 6) is -2.12. The summed E-state index contributed by atoms with van der Waals surface area (Å²) in [6, 6.07) is 12.7. The van der Waals surface area contributed by atoms with Gasteiger partial charge in [0.05, 0.1) is 40.6 Å². The predicted molar refractivity (Wildman–Crippen MR) is 260 cm³/mol. The van der Waals surface area contributed by atoms with Crippen LogP contribution in [0.25, 0.3) is 10.9 Å². The number of amides is 2. The molecule has 0 bridgehead atoms. The lowest BCUT2D eigenvalue weighted by atomic mass is 9.89. The van der Waals surface area contributed by atoms with Crippen LogP contribution in [0.15, 0.2) is 59.3 Å². The second-order valence-corrected chi connectivity index (χ2v) is 22.6. The molecule has 354 valence electrons. The fraction of sp³-hybridized carbons (Fsp3) is 0.449. The van der Waals surface area contributed by atoms with E-state index in [0.29, 0.717) is 86.9 Å². The molecule has 9 rings (SSSR count). The van der Waals surface area contributed by atoms with E-state index in [2.05, 4.69) is 75.6 Å². The van der Waals surface area contributed by atoms with Gasteiger partial charge >= 0.3 is 0 Å². The summed E-state index contributed by atoms with van der Waals surface area (Å²) in [6.45, 7) is 11.6. The number of aromatic nitrogens is 3. The number of piperidine rings is 2. The third kappa shape index (κ3) is 10.1. The Bertz CT molecular complexity index is 2750. The summed E-state index contributed by atoms with van der Waals surface area (Å²) in [5, 5.41) is 10.2. The van der Waals surface area contributed by atoms with E-state index in [1.165, 1.54) is 12.1 Å². The van der Waals surface area contributed by atoms with E-state index >= 15 is 8.78 Å². The number of ether oxygens (including phenoxy) is 1. The van der Waals surface area contributed by atoms with Crippen LogP contribution in [0.3, 0.4) is 0 Å². The largest absolute Gasteiger partial charge is 0.494 e. The second-order valence-electron chi connectivity index (χ2n) is 18.6. The number of piperazine rings is 1. The number of halogens is 4. The molecule has 5 heterocycles. The van der Waals surface area contributed by atoms with Gasteiger partial charge in [-0.2, -0.15) is 4.98 Å². The molecular weight excluding hydrogens is 946 g/mol. The van der Waals surface area contributed by atoms with Crippen molar-refractivity contribution in [3.8, 4) is 5.75 Å². The van der Waals surface area contributed by atoms with Gasteiger partial charge in [-0.3, -0.25) is 24.8 Å². The van der Waals surface area contributed by atoms with Crippen molar-refractivity contribution in [3.63, 3.8) is 0 Å². The molecule has 3 aromatic carbocycles. The summed E-state index contributed by atoms with van der Waals surface area (Å²) < 4.78 is 65.5. The highest BCUT2D eigenvalue weighted by molar-refractivity contribution is 9.10. The number of carbonyl (C=O) groups excluding carboxylic acids is 2. The standard InChI is InChI=1S/C49H56BrF3N9O4P/c1-5-30-24-39(57-48-55-27-35(50)46(59-48)56-40-28-54-38-25-31(49(53)13-14-49)6-7-33(38)45(40)67(3,4)65)42(66-2)26-41(30)62-16-11-32(12-17-62)61-20-18-60(19-21-61)15-10-29-22-36(51)44(37(52)23-29)34-8-9-43(63)58-47(34)64/h6-7,22-28,32,34H,5,8-21H2,1-4H3,(H,58,63,64)(H2,55,56,57,59). The molecule has 18 heteroatoms. The van der Waals surface area contributed by atoms with Crippen molar-refractivity contribution in [2.45, 2.75) is 75.9 Å². The lowest BCUT2D eigenvalue weighted by molar-refractivity contribution is -0.134. The number of hydrogen-bond acceptors (Lipinski definition) is 12. The average molecular weight is 1000 g/mol. The van der Waals surface area contributed by atoms with Crippen molar-refractivity contribution < 1.29 is 32.1 Å². The molecule has 3 N–H and O–H groups in total. The smallest absolute Gasteiger partial charge is 0.234 e. The number of nitrogens with one attached hydrogen (secondary N) is 3. The maximum absolute atomic E-state index is 15.1. The number of methoxy groups -OCH3 is 1. The lowest BCUT2D eigenvalue weighted by Crippen LogP contribution is -2.53. The molecule has 1 saturated carbocycles. The Kier molecular flexibility index (Phi) is 13.4. The molecular formula is C49H56BrF3N9O4P. The number of imide groups is 1. The van der Waals surface area contributed by atoms with Crippen molar-refractivity contribution in [2.75, 3.05) is 81.8 Å². The van der Waals surface area contributed by atoms with Crippen LogP contribution in [0, 0.1) is 11.6 Å². The number of rotatable bonds is 14. The van der Waals surface area contributed by atoms with Crippen LogP contribution in [0.5, 0.6) is 5.75 Å². The van der Waals surface area contributed by atoms with E-state index in [1.807, 2.05) is 6.07 Å². The Labute approximate surface area is 397 Å². The minimum Gasteiger partial charge on any atom is -0.494 e. The summed E-state index contributed by atoms with van der Waals surface area (Å²) in [4.78, 5) is 45.2. The average Bonchev–Trinajstić information content (AvgIpc) is 4.07. The third-order valence-electron chi connectivity index (χ3n) is 13.8. The van der Waals surface area contributed by atoms with Gasteiger partial charge in [-0.1, -0.05) is 19.1 Å². The van der Waals surface area contributed by atoms with E-state index in [1.54, 1.807) is 45.0 Å². The number of hydrogen-bond donors (Lipinski definition) is 3. The lowest BCUT2D eigenvalue weighted by Gasteiger charge is -2.43. The minimum atomic E-state index is -2.86. The molecule has 2 aromatic heterocycles. The molecule has 4 aliphatic rings. The molecule has 13 nitrogen and oxygen atoms in total. The van der Waals surface area contributed by atoms with Crippen molar-refractivity contribution >= 4 is 79.9 Å². The van der Waals surface area contributed by atoms with Crippen LogP contribution < -0.4 is 30.9 Å². The summed E-state index contributed by atoms with van der Waals surface area (Å²) in [5.41, 5.74) is 3.75. The van der Waals surface area contributed by atoms with Crippen LogP contribution in [0.2, 0.25) is 0 Å². The number of carbonyl (C=O) groups is 2. The minimum absolute atomic E-state index is 0.0593. The van der Waals surface area contributed by atoms with Gasteiger partial charge in [0.15, 0.2) is 0 Å². The molecule has 0 spiro atoms. The van der Waals surface area contributed by atoms with Crippen LogP contribution >= 0.6 is 23.1 Å². The van der Waals surface area contributed by atoms with Crippen molar-refractivity contribution in [1.82, 2.24) is 30.1 Å². The zero-order valence-corrected chi connectivity index (χ0v) is 40.7. The number of benzene rings is 3. The first-order chi connectivity index (χ1) is 32.1. The van der Waals surface area contributed by atoms with Crippen LogP contribution in [0.4, 0.5) is 42.0 Å². The molecule has 4 fully saturated rings. The Morgan fingerprint density at radius 2 is 1.66 bits per heavy atom. The van der Waals surface area contributed by atoms with Gasteiger partial charge in [-0.25, -0.2) is 18.2 Å². The monoisotopic (exact) mass is 1000 g/mol. The number of alkyl halides is 1. The Balaban J connectivity index is 0.811. The summed E-state index contributed by atoms with van der Waals surface area (Å²) >= 11 is 3.59. The Morgan fingerprint density at radius 3 is 2.31 bits per heavy atom. The molecule has 3 aliphatic heterocycles. The first-order valence-corrected chi connectivity index (χ1v) is 26.5. The van der Waals surface area contributed by atoms with Gasteiger partial charge in [0.1, 0.15) is 36.0 Å². The number of aryl methyl sites for hydroxylation is 1. The van der Waals surface area contributed by atoms with E-state index in [-0.39, 0.29) is 18.4 Å². The molecule has 67 heavy (non-hydrogen) atoms. The molecule has 5 aromatic rings. The quantitative estimate of drug-likeness (QED) is 0.0724. The zero-order valence-electron chi connectivity index (χ0n) is 38.2. The molecule has 3 saturated heterocycles. The van der Waals surface area contributed by atoms with Gasteiger partial charge in [0.2, 0.25) is 17.8 Å². The summed E-state index contributed by atoms with van der Waals surface area (Å²) in [6.07, 6.45) is 7.76. The van der Waals surface area contributed by atoms with Crippen LogP contribution in [-0.4, -0.2) is 109 Å². The number of nitrogens with zero attached hydrogens (tertiary/aromatic N) is 6. The van der Waals surface area contributed by atoms with E-state index < -0.39 is 42.2 Å². The zero-order chi connectivity index (χ0) is 47.2. The molecule has 1 unspecified atom stereocenters. The van der Waals surface area contributed by atoms with E-state index in [4.69, 9.17) is 9.72 Å². The second kappa shape index (κ2) is 19.1. The highest BCUT2D eigenvalue weighted by atomic mass is 79.9. The number of fused-ring (bicyclic) bond motifs is 1. The predicted octanol–water partition coefficient (Wildman–Crippen LogP) is 8.68. The van der Waals surface area contributed by atoms with Crippen LogP contribution in [-0.2, 0) is 32.7 Å². The maximum Gasteiger partial charge on any atom is 0.234 e. The Hall–Kier alpha value is -5.09. The number of anilines is 5. The fourth-order valence-electron chi connectivity index (χ4n) is 9.94. The maximum atomic E-state index is 15.1. The van der Waals surface area contributed by atoms with Gasteiger partial charge in [0, 0.05) is 92.5 Å². The highest BCUT2D eigenvalue weighted by Gasteiger charge is 2.45. The Morgan fingerprint density at radius 1 is 0.925 bits per heavy atom. The van der Waals surface area contributed by atoms with Gasteiger partial charge in [0.25, 0.3) is 0 Å². The van der Waals surface area contributed by atoms with E-state index in [0.717, 1.165) is 75.5 Å². The van der Waals surface area contributed by atoms with Gasteiger partial charge in [-0.15, -0.1) is 0 Å². The first kappa shape index (κ1) is 47.0. The van der Waals surface area contributed by atoms with Crippen molar-refractivity contribution in [3.05, 3.63) is 93.2 Å². The highest BCUT2D eigenvalue weighted by Crippen LogP contribution is 2.50. The SMILES string of the molecule is CCc1cc(Nc2ncc(Br)c(Nc3cnc4cc(C5(F)CC5)ccc4c3P(C)(C)=O)n2)c(OC)cc1N1CCC(N2CCN(CCc3cc(F)c(C4CCC(=O)NC4=O)c(F)c3)CC2)CC1. The molecule has 1 atom stereocenters. The topological polar surface area (TPSA) is 145 Å². The van der Waals surface area contributed by atoms with Crippen molar-refractivity contribution in [1.29, 1.82) is 0 Å². The van der Waals surface area contributed by atoms with Gasteiger partial charge < -0.3 is 29.7 Å². The molecule has 2 amide bonds. The molecule has 0 radical (unpaired) electrons. The molecule has 1 aliphatic carbocycles. The fourth-order valence-corrected chi connectivity index (χ4v) is 11.7. The van der Waals surface area contributed by atoms with Crippen molar-refractivity contribution in [2.24, 2.45) is 0 Å². The van der Waals surface area contributed by atoms with Crippen LogP contribution in [0.1, 0.15) is 73.6 Å². The summed E-state index contributed by atoms with van der Waals surface area (Å²) in [7, 11) is -1.21. The normalized spacial score (nSPS) is 19.4. The first-order valence-electron chi connectivity index (χ1n) is 23.1. The van der Waals surface area contributed by atoms with E-state index in [9.17, 15) is 18.5 Å².